The molecule has 0 unspecified atom stereocenters. The third-order valence-electron chi connectivity index (χ3n) is 2.49. The maximum atomic E-state index is 12.0. The van der Waals surface area contributed by atoms with Crippen LogP contribution >= 0.6 is 0 Å². The van der Waals surface area contributed by atoms with E-state index in [0.29, 0.717) is 44.2 Å². The lowest BCUT2D eigenvalue weighted by molar-refractivity contribution is 0.0636. The van der Waals surface area contributed by atoms with Crippen LogP contribution in [0.4, 0.5) is 0 Å². The van der Waals surface area contributed by atoms with Crippen molar-refractivity contribution in [2.24, 2.45) is 0 Å². The number of nitrogens with zero attached hydrogens (tertiary/aromatic N) is 2. The highest BCUT2D eigenvalue weighted by molar-refractivity contribution is 5.97. The molecule has 0 bridgehead atoms. The van der Waals surface area contributed by atoms with Crippen molar-refractivity contribution in [1.29, 1.82) is 0 Å². The average molecular weight is 256 g/mol. The summed E-state index contributed by atoms with van der Waals surface area (Å²) in [6.07, 6.45) is 1.87. The van der Waals surface area contributed by atoms with Crippen molar-refractivity contribution in [2.45, 2.75) is 19.9 Å². The van der Waals surface area contributed by atoms with Gasteiger partial charge in [0.25, 0.3) is 0 Å². The molecule has 0 N–H and O–H groups in total. The van der Waals surface area contributed by atoms with Crippen LogP contribution in [0.3, 0.4) is 0 Å². The first-order valence-corrected chi connectivity index (χ1v) is 5.94. The number of aryl methyl sites for hydroxylation is 1. The topological polar surface area (TPSA) is 62.6 Å². The number of Topliss-reactive ketones (excluding diaryl/α,β-unsaturated/α-hetero) is 1. The van der Waals surface area contributed by atoms with Gasteiger partial charge < -0.3 is 14.2 Å². The Kier molecular flexibility index (Phi) is 6.38. The molecule has 0 saturated carbocycles. The van der Waals surface area contributed by atoms with Crippen molar-refractivity contribution in [3.05, 3.63) is 11.9 Å². The fourth-order valence-electron chi connectivity index (χ4n) is 1.57. The molecule has 0 atom stereocenters. The molecule has 0 aliphatic heterocycles. The fourth-order valence-corrected chi connectivity index (χ4v) is 1.57. The summed E-state index contributed by atoms with van der Waals surface area (Å²) >= 11 is 0. The highest BCUT2D eigenvalue weighted by Gasteiger charge is 2.18. The largest absolute Gasteiger partial charge is 0.493 e. The minimum absolute atomic E-state index is 0.0244. The maximum absolute atomic E-state index is 12.0. The van der Waals surface area contributed by atoms with E-state index in [2.05, 4.69) is 5.10 Å². The number of hydrogen-bond donors (Lipinski definition) is 0. The Labute approximate surface area is 107 Å². The molecule has 0 saturated heterocycles. The number of hydrogen-bond acceptors (Lipinski definition) is 5. The second kappa shape index (κ2) is 7.84. The Hall–Kier alpha value is -1.40. The number of aromatic nitrogens is 2. The molecule has 18 heavy (non-hydrogen) atoms. The van der Waals surface area contributed by atoms with Gasteiger partial charge in [0, 0.05) is 20.1 Å². The minimum Gasteiger partial charge on any atom is -0.493 e. The van der Waals surface area contributed by atoms with Crippen LogP contribution in [0.25, 0.3) is 0 Å². The minimum atomic E-state index is -0.0244. The van der Waals surface area contributed by atoms with Gasteiger partial charge in [0.15, 0.2) is 11.5 Å². The van der Waals surface area contributed by atoms with E-state index in [4.69, 9.17) is 14.2 Å². The van der Waals surface area contributed by atoms with E-state index >= 15 is 0 Å². The molecule has 1 rings (SSSR count). The van der Waals surface area contributed by atoms with Gasteiger partial charge in [0.05, 0.1) is 33.1 Å². The molecule has 0 aromatic carbocycles. The molecular weight excluding hydrogens is 236 g/mol. The Morgan fingerprint density at radius 2 is 2.11 bits per heavy atom. The second-order valence-corrected chi connectivity index (χ2v) is 3.66. The van der Waals surface area contributed by atoms with Crippen LogP contribution < -0.4 is 4.74 Å². The molecule has 6 heteroatoms. The summed E-state index contributed by atoms with van der Waals surface area (Å²) in [7, 11) is 3.14. The molecule has 102 valence electrons. The van der Waals surface area contributed by atoms with Crippen LogP contribution in [0.1, 0.15) is 23.8 Å². The third-order valence-corrected chi connectivity index (χ3v) is 2.49. The number of ether oxygens (including phenoxy) is 3. The summed E-state index contributed by atoms with van der Waals surface area (Å²) in [6.45, 7) is 3.96. The molecule has 6 nitrogen and oxygen atoms in total. The van der Waals surface area contributed by atoms with Gasteiger partial charge in [0.1, 0.15) is 5.69 Å². The first kappa shape index (κ1) is 14.7. The van der Waals surface area contributed by atoms with Crippen molar-refractivity contribution < 1.29 is 19.0 Å². The normalized spacial score (nSPS) is 10.6. The number of carbonyl (C=O) groups is 1. The van der Waals surface area contributed by atoms with Crippen LogP contribution in [0.15, 0.2) is 6.20 Å². The zero-order valence-corrected chi connectivity index (χ0v) is 11.1. The summed E-state index contributed by atoms with van der Waals surface area (Å²) < 4.78 is 16.9. The predicted octanol–water partition coefficient (Wildman–Crippen LogP) is 1.15. The van der Waals surface area contributed by atoms with Gasteiger partial charge >= 0.3 is 0 Å². The van der Waals surface area contributed by atoms with E-state index in [-0.39, 0.29) is 5.78 Å². The summed E-state index contributed by atoms with van der Waals surface area (Å²) in [5.74, 6) is 0.488. The zero-order chi connectivity index (χ0) is 13.4. The van der Waals surface area contributed by atoms with Crippen LogP contribution in [0, 0.1) is 0 Å². The van der Waals surface area contributed by atoms with Crippen molar-refractivity contribution in [3.8, 4) is 5.75 Å². The lowest BCUT2D eigenvalue weighted by Crippen LogP contribution is -2.13. The standard InChI is InChI=1S/C12H20N2O4/c1-4-14-12(11(17-3)9-13-14)10(15)5-6-18-8-7-16-2/h9H,4-8H2,1-3H3. The average Bonchev–Trinajstić information content (AvgIpc) is 2.81. The molecule has 0 amide bonds. The van der Waals surface area contributed by atoms with Crippen molar-refractivity contribution in [3.63, 3.8) is 0 Å². The highest BCUT2D eigenvalue weighted by atomic mass is 16.5. The quantitative estimate of drug-likeness (QED) is 0.490. The molecular formula is C12H20N2O4. The summed E-state index contributed by atoms with van der Waals surface area (Å²) in [5.41, 5.74) is 0.510. The monoisotopic (exact) mass is 256 g/mol. The van der Waals surface area contributed by atoms with Gasteiger partial charge in [-0.1, -0.05) is 0 Å². The molecule has 0 spiro atoms. The maximum Gasteiger partial charge on any atom is 0.186 e. The molecule has 0 aliphatic rings. The Balaban J connectivity index is 2.52. The molecule has 1 aromatic heterocycles. The van der Waals surface area contributed by atoms with Gasteiger partial charge in [-0.05, 0) is 6.92 Å². The predicted molar refractivity (Wildman–Crippen MR) is 66.1 cm³/mol. The Bertz CT molecular complexity index is 355. The summed E-state index contributed by atoms with van der Waals surface area (Å²) in [5, 5.41) is 4.09. The van der Waals surface area contributed by atoms with E-state index in [9.17, 15) is 4.79 Å². The van der Waals surface area contributed by atoms with Crippen molar-refractivity contribution >= 4 is 5.78 Å². The molecule has 1 aromatic rings. The first-order chi connectivity index (χ1) is 8.74. The number of ketones is 1. The van der Waals surface area contributed by atoms with Gasteiger partial charge in [-0.2, -0.15) is 5.10 Å². The van der Waals surface area contributed by atoms with E-state index in [1.54, 1.807) is 18.0 Å². The van der Waals surface area contributed by atoms with Crippen molar-refractivity contribution in [2.75, 3.05) is 34.0 Å². The molecule has 0 radical (unpaired) electrons. The smallest absolute Gasteiger partial charge is 0.186 e. The lowest BCUT2D eigenvalue weighted by atomic mass is 10.2. The molecule has 0 fully saturated rings. The van der Waals surface area contributed by atoms with Crippen LogP contribution in [0.5, 0.6) is 5.75 Å². The van der Waals surface area contributed by atoms with Gasteiger partial charge in [-0.15, -0.1) is 0 Å². The third kappa shape index (κ3) is 3.82. The highest BCUT2D eigenvalue weighted by Crippen LogP contribution is 2.19. The molecule has 0 aliphatic carbocycles. The molecule has 1 heterocycles. The Morgan fingerprint density at radius 3 is 2.72 bits per heavy atom. The van der Waals surface area contributed by atoms with Crippen LogP contribution in [-0.2, 0) is 16.0 Å². The second-order valence-electron chi connectivity index (χ2n) is 3.66. The number of carbonyl (C=O) groups excluding carboxylic acids is 1. The van der Waals surface area contributed by atoms with E-state index in [1.807, 2.05) is 6.92 Å². The van der Waals surface area contributed by atoms with Crippen LogP contribution in [-0.4, -0.2) is 49.6 Å². The first-order valence-electron chi connectivity index (χ1n) is 5.94. The fraction of sp³-hybridized carbons (Fsp3) is 0.667. The SMILES string of the molecule is CCn1ncc(OC)c1C(=O)CCOCCOC. The van der Waals surface area contributed by atoms with E-state index < -0.39 is 0 Å². The van der Waals surface area contributed by atoms with E-state index in [0.717, 1.165) is 0 Å². The van der Waals surface area contributed by atoms with Gasteiger partial charge in [0.2, 0.25) is 0 Å². The van der Waals surface area contributed by atoms with Gasteiger partial charge in [-0.25, -0.2) is 0 Å². The lowest BCUT2D eigenvalue weighted by Gasteiger charge is -2.07. The van der Waals surface area contributed by atoms with Gasteiger partial charge in [-0.3, -0.25) is 9.48 Å². The summed E-state index contributed by atoms with van der Waals surface area (Å²) in [6, 6.07) is 0. The zero-order valence-electron chi connectivity index (χ0n) is 11.1. The number of rotatable bonds is 9. The van der Waals surface area contributed by atoms with Crippen LogP contribution in [0.2, 0.25) is 0 Å². The van der Waals surface area contributed by atoms with Crippen molar-refractivity contribution in [1.82, 2.24) is 9.78 Å². The summed E-state index contributed by atoms with van der Waals surface area (Å²) in [4.78, 5) is 12.0. The van der Waals surface area contributed by atoms with E-state index in [1.165, 1.54) is 7.11 Å². The number of methoxy groups -OCH3 is 2. The Morgan fingerprint density at radius 1 is 1.33 bits per heavy atom.